The summed E-state index contributed by atoms with van der Waals surface area (Å²) < 4.78 is 28.2. The Hall–Kier alpha value is -3.09. The maximum absolute atomic E-state index is 12.7. The van der Waals surface area contributed by atoms with E-state index in [2.05, 4.69) is 5.32 Å². The Labute approximate surface area is 150 Å². The molecule has 0 saturated heterocycles. The molecule has 0 aliphatic heterocycles. The predicted octanol–water partition coefficient (Wildman–Crippen LogP) is 2.58. The number of amides is 1. The maximum Gasteiger partial charge on any atom is 0.307 e. The second-order valence-corrected chi connectivity index (χ2v) is 5.23. The standard InChI is InChI=1S/C19H20FNO5/c1-24-17-5-3-2-4-16(17)19(23)21-11-10-18(22)26-13-12-25-15-8-6-14(20)7-9-15/h2-9H,10-13H2,1H3,(H,21,23). The normalized spacial score (nSPS) is 10.1. The number of carbonyl (C=O) groups is 2. The molecule has 7 heteroatoms. The van der Waals surface area contributed by atoms with Crippen LogP contribution < -0.4 is 14.8 Å². The van der Waals surface area contributed by atoms with Gasteiger partial charge in [0.15, 0.2) is 0 Å². The number of methoxy groups -OCH3 is 1. The highest BCUT2D eigenvalue weighted by atomic mass is 19.1. The van der Waals surface area contributed by atoms with Crippen LogP contribution in [0.15, 0.2) is 48.5 Å². The van der Waals surface area contributed by atoms with Crippen LogP contribution in [-0.2, 0) is 9.53 Å². The van der Waals surface area contributed by atoms with Gasteiger partial charge in [0.2, 0.25) is 0 Å². The largest absolute Gasteiger partial charge is 0.496 e. The van der Waals surface area contributed by atoms with Crippen LogP contribution in [0.2, 0.25) is 0 Å². The molecule has 0 fully saturated rings. The summed E-state index contributed by atoms with van der Waals surface area (Å²) in [5, 5.41) is 2.64. The molecule has 0 saturated carbocycles. The average molecular weight is 361 g/mol. The van der Waals surface area contributed by atoms with Gasteiger partial charge in [-0.1, -0.05) is 12.1 Å². The molecule has 2 rings (SSSR count). The van der Waals surface area contributed by atoms with E-state index in [-0.39, 0.29) is 37.9 Å². The topological polar surface area (TPSA) is 73.9 Å². The molecule has 0 bridgehead atoms. The van der Waals surface area contributed by atoms with Crippen molar-refractivity contribution >= 4 is 11.9 Å². The molecule has 0 radical (unpaired) electrons. The Morgan fingerprint density at radius 2 is 1.77 bits per heavy atom. The highest BCUT2D eigenvalue weighted by Gasteiger charge is 2.11. The van der Waals surface area contributed by atoms with Crippen molar-refractivity contribution in [2.75, 3.05) is 26.9 Å². The summed E-state index contributed by atoms with van der Waals surface area (Å²) in [5.41, 5.74) is 0.399. The van der Waals surface area contributed by atoms with Crippen molar-refractivity contribution in [3.05, 3.63) is 59.9 Å². The molecular formula is C19H20FNO5. The van der Waals surface area contributed by atoms with E-state index in [1.807, 2.05) is 0 Å². The minimum atomic E-state index is -0.451. The fraction of sp³-hybridized carbons (Fsp3) is 0.263. The second kappa shape index (κ2) is 10.0. The first kappa shape index (κ1) is 19.2. The van der Waals surface area contributed by atoms with Gasteiger partial charge in [-0.25, -0.2) is 4.39 Å². The summed E-state index contributed by atoms with van der Waals surface area (Å²) in [6, 6.07) is 12.4. The molecule has 0 spiro atoms. The highest BCUT2D eigenvalue weighted by Crippen LogP contribution is 2.16. The molecule has 0 aromatic heterocycles. The van der Waals surface area contributed by atoms with Gasteiger partial charge in [0.1, 0.15) is 30.5 Å². The van der Waals surface area contributed by atoms with Crippen molar-refractivity contribution < 1.29 is 28.2 Å². The van der Waals surface area contributed by atoms with Crippen molar-refractivity contribution in [3.63, 3.8) is 0 Å². The van der Waals surface area contributed by atoms with Gasteiger partial charge in [-0.2, -0.15) is 0 Å². The molecule has 0 unspecified atom stereocenters. The number of hydrogen-bond donors (Lipinski definition) is 1. The number of nitrogens with one attached hydrogen (secondary N) is 1. The quantitative estimate of drug-likeness (QED) is 0.549. The van der Waals surface area contributed by atoms with Gasteiger partial charge in [0, 0.05) is 6.54 Å². The number of benzene rings is 2. The minimum absolute atomic E-state index is 0.0391. The van der Waals surface area contributed by atoms with Crippen LogP contribution in [0, 0.1) is 5.82 Å². The molecule has 2 aromatic carbocycles. The van der Waals surface area contributed by atoms with Gasteiger partial charge < -0.3 is 19.5 Å². The van der Waals surface area contributed by atoms with Crippen LogP contribution in [0.5, 0.6) is 11.5 Å². The Kier molecular flexibility index (Phi) is 7.42. The van der Waals surface area contributed by atoms with E-state index >= 15 is 0 Å². The summed E-state index contributed by atoms with van der Waals surface area (Å²) >= 11 is 0. The Bertz CT molecular complexity index is 733. The fourth-order valence-corrected chi connectivity index (χ4v) is 2.12. The summed E-state index contributed by atoms with van der Waals surface area (Å²) in [6.45, 7) is 0.371. The molecule has 6 nitrogen and oxygen atoms in total. The van der Waals surface area contributed by atoms with E-state index < -0.39 is 5.97 Å². The maximum atomic E-state index is 12.7. The minimum Gasteiger partial charge on any atom is -0.496 e. The Morgan fingerprint density at radius 3 is 2.50 bits per heavy atom. The first-order chi connectivity index (χ1) is 12.6. The van der Waals surface area contributed by atoms with Crippen molar-refractivity contribution in [2.24, 2.45) is 0 Å². The summed E-state index contributed by atoms with van der Waals surface area (Å²) in [4.78, 5) is 23.7. The Morgan fingerprint density at radius 1 is 1.04 bits per heavy atom. The number of ether oxygens (including phenoxy) is 3. The number of hydrogen-bond acceptors (Lipinski definition) is 5. The molecule has 0 aliphatic rings. The Balaban J connectivity index is 1.62. The lowest BCUT2D eigenvalue weighted by Crippen LogP contribution is -2.27. The summed E-state index contributed by atoms with van der Waals surface area (Å²) in [6.07, 6.45) is 0.0391. The molecule has 0 heterocycles. The molecule has 2 aromatic rings. The highest BCUT2D eigenvalue weighted by molar-refractivity contribution is 5.97. The molecule has 1 N–H and O–H groups in total. The zero-order valence-electron chi connectivity index (χ0n) is 14.4. The monoisotopic (exact) mass is 361 g/mol. The van der Waals surface area contributed by atoms with Crippen molar-refractivity contribution in [1.82, 2.24) is 5.32 Å². The van der Waals surface area contributed by atoms with Crippen LogP contribution in [-0.4, -0.2) is 38.7 Å². The number of para-hydroxylation sites is 1. The molecule has 26 heavy (non-hydrogen) atoms. The van der Waals surface area contributed by atoms with Crippen LogP contribution in [0.3, 0.4) is 0 Å². The van der Waals surface area contributed by atoms with Crippen LogP contribution in [0.25, 0.3) is 0 Å². The van der Waals surface area contributed by atoms with E-state index in [1.165, 1.54) is 31.4 Å². The molecule has 0 aliphatic carbocycles. The van der Waals surface area contributed by atoms with Gasteiger partial charge >= 0.3 is 5.97 Å². The molecular weight excluding hydrogens is 341 g/mol. The SMILES string of the molecule is COc1ccccc1C(=O)NCCC(=O)OCCOc1ccc(F)cc1. The van der Waals surface area contributed by atoms with Crippen molar-refractivity contribution in [2.45, 2.75) is 6.42 Å². The van der Waals surface area contributed by atoms with Crippen molar-refractivity contribution in [3.8, 4) is 11.5 Å². The number of halogens is 1. The lowest BCUT2D eigenvalue weighted by atomic mass is 10.2. The molecule has 1 amide bonds. The van der Waals surface area contributed by atoms with E-state index in [0.29, 0.717) is 17.1 Å². The third-order valence-corrected chi connectivity index (χ3v) is 3.40. The van der Waals surface area contributed by atoms with Gasteiger partial charge in [0.05, 0.1) is 19.1 Å². The number of carbonyl (C=O) groups excluding carboxylic acids is 2. The smallest absolute Gasteiger partial charge is 0.307 e. The van der Waals surface area contributed by atoms with Crippen LogP contribution in [0.1, 0.15) is 16.8 Å². The van der Waals surface area contributed by atoms with E-state index in [9.17, 15) is 14.0 Å². The summed E-state index contributed by atoms with van der Waals surface area (Å²) in [7, 11) is 1.48. The van der Waals surface area contributed by atoms with Crippen LogP contribution in [0.4, 0.5) is 4.39 Å². The second-order valence-electron chi connectivity index (χ2n) is 5.23. The van der Waals surface area contributed by atoms with Crippen molar-refractivity contribution in [1.29, 1.82) is 0 Å². The fourth-order valence-electron chi connectivity index (χ4n) is 2.12. The van der Waals surface area contributed by atoms with Gasteiger partial charge in [-0.3, -0.25) is 9.59 Å². The van der Waals surface area contributed by atoms with Gasteiger partial charge in [0.25, 0.3) is 5.91 Å². The molecule has 138 valence electrons. The van der Waals surface area contributed by atoms with Crippen LogP contribution >= 0.6 is 0 Å². The first-order valence-corrected chi connectivity index (χ1v) is 8.05. The molecule has 0 atom stereocenters. The zero-order valence-corrected chi connectivity index (χ0v) is 14.4. The van der Waals surface area contributed by atoms with E-state index in [1.54, 1.807) is 24.3 Å². The van der Waals surface area contributed by atoms with E-state index in [4.69, 9.17) is 14.2 Å². The first-order valence-electron chi connectivity index (χ1n) is 8.05. The summed E-state index contributed by atoms with van der Waals surface area (Å²) in [5.74, 6) is -0.168. The third kappa shape index (κ3) is 6.08. The number of esters is 1. The van der Waals surface area contributed by atoms with E-state index in [0.717, 1.165) is 0 Å². The zero-order chi connectivity index (χ0) is 18.8. The lowest BCUT2D eigenvalue weighted by Gasteiger charge is -2.09. The average Bonchev–Trinajstić information content (AvgIpc) is 2.66. The van der Waals surface area contributed by atoms with Gasteiger partial charge in [-0.15, -0.1) is 0 Å². The third-order valence-electron chi connectivity index (χ3n) is 3.40. The lowest BCUT2D eigenvalue weighted by molar-refractivity contribution is -0.144. The van der Waals surface area contributed by atoms with Gasteiger partial charge in [-0.05, 0) is 36.4 Å². The number of rotatable bonds is 9. The predicted molar refractivity (Wildman–Crippen MR) is 92.8 cm³/mol.